The molecule has 1 fully saturated rings. The summed E-state index contributed by atoms with van der Waals surface area (Å²) in [7, 11) is 0. The molecule has 0 spiro atoms. The van der Waals surface area contributed by atoms with Gasteiger partial charge in [0.1, 0.15) is 11.6 Å². The first-order chi connectivity index (χ1) is 16.0. The molecular weight excluding hydrogens is 419 g/mol. The van der Waals surface area contributed by atoms with Crippen LogP contribution in [0, 0.1) is 12.7 Å². The first kappa shape index (κ1) is 21.8. The lowest BCUT2D eigenvalue weighted by atomic mass is 9.99. The highest BCUT2D eigenvalue weighted by molar-refractivity contribution is 5.98. The summed E-state index contributed by atoms with van der Waals surface area (Å²) in [5.74, 6) is 0.637. The summed E-state index contributed by atoms with van der Waals surface area (Å²) in [5, 5.41) is 4.41. The van der Waals surface area contributed by atoms with Crippen molar-refractivity contribution in [2.45, 2.75) is 33.2 Å². The monoisotopic (exact) mass is 450 g/mol. The van der Waals surface area contributed by atoms with E-state index in [2.05, 4.69) is 32.2 Å². The summed E-state index contributed by atoms with van der Waals surface area (Å²) in [6, 6.07) is 9.22. The zero-order chi connectivity index (χ0) is 22.9. The molecule has 0 radical (unpaired) electrons. The van der Waals surface area contributed by atoms with E-state index in [1.54, 1.807) is 6.07 Å². The average molecular weight is 451 g/mol. The standard InChI is InChI=1S/C26H31FN4O2/c1-3-33-23-15-18(14-21-24(23)25-20(26(32)29-21)5-4-8-28-25)16-30-9-11-31(12-10-30)22-7-6-19(27)13-17(22)2/h6-7,13-15,28H,3-5,8-12,16H2,1-2H3,(H,29,32). The summed E-state index contributed by atoms with van der Waals surface area (Å²) in [6.45, 7) is 9.81. The van der Waals surface area contributed by atoms with Crippen molar-refractivity contribution in [2.24, 2.45) is 0 Å². The molecule has 1 aromatic heterocycles. The van der Waals surface area contributed by atoms with Gasteiger partial charge < -0.3 is 19.9 Å². The number of hydrogen-bond donors (Lipinski definition) is 2. The molecule has 2 aromatic carbocycles. The van der Waals surface area contributed by atoms with Crippen molar-refractivity contribution in [3.8, 4) is 5.75 Å². The zero-order valence-electron chi connectivity index (χ0n) is 19.3. The minimum Gasteiger partial charge on any atom is -0.493 e. The molecule has 6 nitrogen and oxygen atoms in total. The van der Waals surface area contributed by atoms with Crippen LogP contribution in [0.1, 0.15) is 30.0 Å². The number of benzene rings is 2. The SMILES string of the molecule is CCOc1cc(CN2CCN(c3ccc(F)cc3C)CC2)cc2[nH]c(=O)c3c(c12)NCCC3. The van der Waals surface area contributed by atoms with Crippen molar-refractivity contribution in [1.29, 1.82) is 0 Å². The Labute approximate surface area is 193 Å². The van der Waals surface area contributed by atoms with Crippen LogP contribution in [0.2, 0.25) is 0 Å². The number of aromatic nitrogens is 1. The van der Waals surface area contributed by atoms with Gasteiger partial charge in [-0.2, -0.15) is 0 Å². The van der Waals surface area contributed by atoms with E-state index in [4.69, 9.17) is 4.74 Å². The number of hydrogen-bond acceptors (Lipinski definition) is 5. The molecule has 2 N–H and O–H groups in total. The Morgan fingerprint density at radius 2 is 1.94 bits per heavy atom. The van der Waals surface area contributed by atoms with Crippen LogP contribution in [0.25, 0.3) is 10.9 Å². The highest BCUT2D eigenvalue weighted by atomic mass is 19.1. The molecule has 2 aliphatic rings. The number of anilines is 2. The van der Waals surface area contributed by atoms with Gasteiger partial charge in [0.15, 0.2) is 0 Å². The average Bonchev–Trinajstić information content (AvgIpc) is 2.80. The van der Waals surface area contributed by atoms with Crippen LogP contribution in [0.3, 0.4) is 0 Å². The molecule has 33 heavy (non-hydrogen) atoms. The molecule has 3 heterocycles. The smallest absolute Gasteiger partial charge is 0.253 e. The molecule has 0 unspecified atom stereocenters. The Morgan fingerprint density at radius 3 is 2.70 bits per heavy atom. The normalized spacial score (nSPS) is 16.5. The number of aryl methyl sites for hydroxylation is 1. The van der Waals surface area contributed by atoms with E-state index < -0.39 is 0 Å². The van der Waals surface area contributed by atoms with Gasteiger partial charge in [0.05, 0.1) is 23.2 Å². The van der Waals surface area contributed by atoms with Gasteiger partial charge in [0, 0.05) is 50.5 Å². The second kappa shape index (κ2) is 9.06. The van der Waals surface area contributed by atoms with Crippen LogP contribution in [-0.4, -0.2) is 49.2 Å². The number of nitrogens with zero attached hydrogens (tertiary/aromatic N) is 2. The van der Waals surface area contributed by atoms with Crippen LogP contribution in [-0.2, 0) is 13.0 Å². The number of ether oxygens (including phenoxy) is 1. The lowest BCUT2D eigenvalue weighted by Crippen LogP contribution is -2.46. The number of piperazine rings is 1. The third-order valence-electron chi connectivity index (χ3n) is 6.72. The van der Waals surface area contributed by atoms with Gasteiger partial charge in [-0.1, -0.05) is 0 Å². The Morgan fingerprint density at radius 1 is 1.12 bits per heavy atom. The first-order valence-corrected chi connectivity index (χ1v) is 11.9. The molecular formula is C26H31FN4O2. The van der Waals surface area contributed by atoms with Crippen molar-refractivity contribution >= 4 is 22.3 Å². The van der Waals surface area contributed by atoms with Gasteiger partial charge in [0.2, 0.25) is 0 Å². The van der Waals surface area contributed by atoms with E-state index in [0.717, 1.165) is 96.8 Å². The lowest BCUT2D eigenvalue weighted by molar-refractivity contribution is 0.249. The highest BCUT2D eigenvalue weighted by Crippen LogP contribution is 2.36. The predicted molar refractivity (Wildman–Crippen MR) is 131 cm³/mol. The van der Waals surface area contributed by atoms with Gasteiger partial charge in [-0.15, -0.1) is 0 Å². The van der Waals surface area contributed by atoms with E-state index in [-0.39, 0.29) is 11.4 Å². The van der Waals surface area contributed by atoms with Gasteiger partial charge in [-0.25, -0.2) is 4.39 Å². The zero-order valence-corrected chi connectivity index (χ0v) is 19.3. The number of pyridine rings is 1. The van der Waals surface area contributed by atoms with Crippen LogP contribution < -0.4 is 20.5 Å². The summed E-state index contributed by atoms with van der Waals surface area (Å²) in [5.41, 5.74) is 5.79. The summed E-state index contributed by atoms with van der Waals surface area (Å²) >= 11 is 0. The Bertz CT molecular complexity index is 1230. The molecule has 0 atom stereocenters. The molecule has 0 aliphatic carbocycles. The van der Waals surface area contributed by atoms with Crippen LogP contribution in [0.15, 0.2) is 35.1 Å². The molecule has 174 valence electrons. The van der Waals surface area contributed by atoms with Crippen molar-refractivity contribution in [3.05, 3.63) is 63.2 Å². The number of halogens is 1. The minimum absolute atomic E-state index is 0.00687. The minimum atomic E-state index is -0.189. The van der Waals surface area contributed by atoms with E-state index in [1.807, 2.05) is 19.9 Å². The third kappa shape index (κ3) is 4.29. The maximum atomic E-state index is 13.5. The van der Waals surface area contributed by atoms with Crippen molar-refractivity contribution < 1.29 is 9.13 Å². The lowest BCUT2D eigenvalue weighted by Gasteiger charge is -2.37. The maximum absolute atomic E-state index is 13.5. The molecule has 0 bridgehead atoms. The van der Waals surface area contributed by atoms with E-state index in [0.29, 0.717) is 6.61 Å². The highest BCUT2D eigenvalue weighted by Gasteiger charge is 2.22. The number of fused-ring (bicyclic) bond motifs is 3. The topological polar surface area (TPSA) is 60.6 Å². The van der Waals surface area contributed by atoms with Gasteiger partial charge in [0.25, 0.3) is 5.56 Å². The number of nitrogens with one attached hydrogen (secondary N) is 2. The molecule has 7 heteroatoms. The molecule has 3 aromatic rings. The summed E-state index contributed by atoms with van der Waals surface area (Å²) in [6.07, 6.45) is 1.76. The number of aromatic amines is 1. The van der Waals surface area contributed by atoms with Crippen molar-refractivity contribution in [3.63, 3.8) is 0 Å². The Balaban J connectivity index is 1.38. The molecule has 5 rings (SSSR count). The predicted octanol–water partition coefficient (Wildman–Crippen LogP) is 4.05. The summed E-state index contributed by atoms with van der Waals surface area (Å²) in [4.78, 5) is 20.5. The van der Waals surface area contributed by atoms with E-state index in [9.17, 15) is 9.18 Å². The molecule has 2 aliphatic heterocycles. The second-order valence-electron chi connectivity index (χ2n) is 8.98. The van der Waals surface area contributed by atoms with Gasteiger partial charge in [-0.3, -0.25) is 9.69 Å². The van der Waals surface area contributed by atoms with Gasteiger partial charge in [-0.05, 0) is 68.1 Å². The fourth-order valence-electron chi connectivity index (χ4n) is 5.14. The van der Waals surface area contributed by atoms with Gasteiger partial charge >= 0.3 is 0 Å². The molecule has 0 amide bonds. The fourth-order valence-corrected chi connectivity index (χ4v) is 5.14. The Hall–Kier alpha value is -3.06. The second-order valence-corrected chi connectivity index (χ2v) is 8.98. The van der Waals surface area contributed by atoms with E-state index in [1.165, 1.54) is 6.07 Å². The van der Waals surface area contributed by atoms with Crippen molar-refractivity contribution in [1.82, 2.24) is 9.88 Å². The molecule has 1 saturated heterocycles. The Kier molecular flexibility index (Phi) is 5.98. The number of H-pyrrole nitrogens is 1. The number of rotatable bonds is 5. The van der Waals surface area contributed by atoms with E-state index >= 15 is 0 Å². The largest absolute Gasteiger partial charge is 0.493 e. The maximum Gasteiger partial charge on any atom is 0.253 e. The fraction of sp³-hybridized carbons (Fsp3) is 0.423. The molecule has 0 saturated carbocycles. The third-order valence-corrected chi connectivity index (χ3v) is 6.72. The van der Waals surface area contributed by atoms with Crippen LogP contribution in [0.4, 0.5) is 15.8 Å². The first-order valence-electron chi connectivity index (χ1n) is 11.9. The quantitative estimate of drug-likeness (QED) is 0.614. The van der Waals surface area contributed by atoms with Crippen LogP contribution in [0.5, 0.6) is 5.75 Å². The summed E-state index contributed by atoms with van der Waals surface area (Å²) < 4.78 is 19.5. The van der Waals surface area contributed by atoms with Crippen LogP contribution >= 0.6 is 0 Å². The van der Waals surface area contributed by atoms with Crippen molar-refractivity contribution in [2.75, 3.05) is 49.5 Å².